The van der Waals surface area contributed by atoms with E-state index < -0.39 is 0 Å². The summed E-state index contributed by atoms with van der Waals surface area (Å²) in [6, 6.07) is 3.16. The van der Waals surface area contributed by atoms with E-state index in [1.807, 2.05) is 24.5 Å². The second kappa shape index (κ2) is 5.80. The highest BCUT2D eigenvalue weighted by atomic mass is 32.1. The summed E-state index contributed by atoms with van der Waals surface area (Å²) in [4.78, 5) is 5.45. The molecule has 0 bridgehead atoms. The van der Waals surface area contributed by atoms with Crippen LogP contribution in [0.15, 0.2) is 18.7 Å². The van der Waals surface area contributed by atoms with Crippen molar-refractivity contribution in [1.29, 1.82) is 0 Å². The Labute approximate surface area is 108 Å². The lowest BCUT2D eigenvalue weighted by Gasteiger charge is -2.19. The SMILES string of the molecule is C=CCN(Cc1cc(CNC)sc1C)C1CC1. The topological polar surface area (TPSA) is 15.3 Å². The number of rotatable bonds is 7. The molecule has 1 aromatic rings. The van der Waals surface area contributed by atoms with Crippen LogP contribution in [0.2, 0.25) is 0 Å². The fourth-order valence-corrected chi connectivity index (χ4v) is 3.24. The largest absolute Gasteiger partial charge is 0.315 e. The maximum Gasteiger partial charge on any atom is 0.0296 e. The highest BCUT2D eigenvalue weighted by Crippen LogP contribution is 2.30. The van der Waals surface area contributed by atoms with Crippen LogP contribution in [0.1, 0.15) is 28.2 Å². The van der Waals surface area contributed by atoms with E-state index in [0.717, 1.165) is 25.7 Å². The molecule has 17 heavy (non-hydrogen) atoms. The third-order valence-electron chi connectivity index (χ3n) is 3.22. The van der Waals surface area contributed by atoms with Crippen LogP contribution in [0.5, 0.6) is 0 Å². The minimum absolute atomic E-state index is 0.806. The summed E-state index contributed by atoms with van der Waals surface area (Å²) in [6.07, 6.45) is 4.75. The zero-order valence-electron chi connectivity index (χ0n) is 10.8. The van der Waals surface area contributed by atoms with Crippen LogP contribution in [-0.2, 0) is 13.1 Å². The van der Waals surface area contributed by atoms with Crippen LogP contribution in [-0.4, -0.2) is 24.5 Å². The Kier molecular flexibility index (Phi) is 4.37. The minimum atomic E-state index is 0.806. The van der Waals surface area contributed by atoms with E-state index in [0.29, 0.717) is 0 Å². The van der Waals surface area contributed by atoms with Gasteiger partial charge in [-0.3, -0.25) is 4.90 Å². The standard InChI is InChI=1S/C14H22N2S/c1-4-7-16(13-5-6-13)10-12-8-14(9-15-3)17-11(12)2/h4,8,13,15H,1,5-7,9-10H2,2-3H3. The number of hydrogen-bond donors (Lipinski definition) is 1. The van der Waals surface area contributed by atoms with Crippen molar-refractivity contribution >= 4 is 11.3 Å². The quantitative estimate of drug-likeness (QED) is 0.749. The van der Waals surface area contributed by atoms with E-state index >= 15 is 0 Å². The fraction of sp³-hybridized carbons (Fsp3) is 0.571. The lowest BCUT2D eigenvalue weighted by Crippen LogP contribution is -2.25. The highest BCUT2D eigenvalue weighted by molar-refractivity contribution is 7.12. The third-order valence-corrected chi connectivity index (χ3v) is 4.32. The Bertz CT molecular complexity index is 380. The zero-order chi connectivity index (χ0) is 12.3. The summed E-state index contributed by atoms with van der Waals surface area (Å²) >= 11 is 1.92. The number of thiophene rings is 1. The van der Waals surface area contributed by atoms with Crippen LogP contribution in [0.3, 0.4) is 0 Å². The van der Waals surface area contributed by atoms with Crippen molar-refractivity contribution in [3.05, 3.63) is 34.0 Å². The predicted octanol–water partition coefficient (Wildman–Crippen LogP) is 2.93. The minimum Gasteiger partial charge on any atom is -0.315 e. The third kappa shape index (κ3) is 3.41. The Morgan fingerprint density at radius 1 is 1.59 bits per heavy atom. The van der Waals surface area contributed by atoms with Gasteiger partial charge in [0.15, 0.2) is 0 Å². The second-order valence-corrected chi connectivity index (χ2v) is 6.11. The van der Waals surface area contributed by atoms with Crippen molar-refractivity contribution in [2.75, 3.05) is 13.6 Å². The van der Waals surface area contributed by atoms with Crippen molar-refractivity contribution < 1.29 is 0 Å². The normalized spacial score (nSPS) is 15.5. The van der Waals surface area contributed by atoms with E-state index in [-0.39, 0.29) is 0 Å². The molecule has 0 aliphatic heterocycles. The lowest BCUT2D eigenvalue weighted by atomic mass is 10.2. The highest BCUT2D eigenvalue weighted by Gasteiger charge is 2.28. The molecule has 1 aliphatic carbocycles. The first-order valence-electron chi connectivity index (χ1n) is 6.32. The number of nitrogens with zero attached hydrogens (tertiary/aromatic N) is 1. The van der Waals surface area contributed by atoms with Gasteiger partial charge in [-0.2, -0.15) is 0 Å². The molecule has 2 rings (SSSR count). The molecule has 1 heterocycles. The molecule has 1 fully saturated rings. The fourth-order valence-electron chi connectivity index (χ4n) is 2.17. The van der Waals surface area contributed by atoms with Crippen molar-refractivity contribution in [2.24, 2.45) is 0 Å². The van der Waals surface area contributed by atoms with Gasteiger partial charge in [0.25, 0.3) is 0 Å². The van der Waals surface area contributed by atoms with Crippen molar-refractivity contribution in [2.45, 2.75) is 38.9 Å². The van der Waals surface area contributed by atoms with Gasteiger partial charge >= 0.3 is 0 Å². The summed E-state index contributed by atoms with van der Waals surface area (Å²) in [6.45, 7) is 9.18. The Morgan fingerprint density at radius 2 is 2.35 bits per heavy atom. The average molecular weight is 250 g/mol. The van der Waals surface area contributed by atoms with Crippen LogP contribution in [0, 0.1) is 6.92 Å². The Morgan fingerprint density at radius 3 is 2.94 bits per heavy atom. The molecule has 0 aromatic carbocycles. The summed E-state index contributed by atoms with van der Waals surface area (Å²) in [5.74, 6) is 0. The van der Waals surface area contributed by atoms with Gasteiger partial charge in [-0.25, -0.2) is 0 Å². The number of hydrogen-bond acceptors (Lipinski definition) is 3. The molecule has 0 unspecified atom stereocenters. The van der Waals surface area contributed by atoms with E-state index in [1.165, 1.54) is 28.2 Å². The van der Waals surface area contributed by atoms with Crippen molar-refractivity contribution in [3.8, 4) is 0 Å². The van der Waals surface area contributed by atoms with E-state index in [9.17, 15) is 0 Å². The molecule has 94 valence electrons. The Balaban J connectivity index is 2.02. The number of aryl methyl sites for hydroxylation is 1. The van der Waals surface area contributed by atoms with E-state index in [1.54, 1.807) is 0 Å². The van der Waals surface area contributed by atoms with E-state index in [2.05, 4.69) is 29.8 Å². The van der Waals surface area contributed by atoms with Gasteiger partial charge < -0.3 is 5.32 Å². The molecule has 1 saturated carbocycles. The Hall–Kier alpha value is -0.640. The maximum atomic E-state index is 3.86. The molecule has 1 N–H and O–H groups in total. The molecule has 3 heteroatoms. The van der Waals surface area contributed by atoms with Gasteiger partial charge in [-0.1, -0.05) is 6.08 Å². The predicted molar refractivity (Wildman–Crippen MR) is 75.4 cm³/mol. The summed E-state index contributed by atoms with van der Waals surface area (Å²) in [5, 5.41) is 3.22. The van der Waals surface area contributed by atoms with Crippen LogP contribution >= 0.6 is 11.3 Å². The lowest BCUT2D eigenvalue weighted by molar-refractivity contribution is 0.283. The van der Waals surface area contributed by atoms with Gasteiger partial charge in [-0.15, -0.1) is 17.9 Å². The van der Waals surface area contributed by atoms with Gasteiger partial charge in [-0.05, 0) is 38.4 Å². The van der Waals surface area contributed by atoms with E-state index in [4.69, 9.17) is 0 Å². The monoisotopic (exact) mass is 250 g/mol. The summed E-state index contributed by atoms with van der Waals surface area (Å²) < 4.78 is 0. The first-order valence-corrected chi connectivity index (χ1v) is 7.14. The molecule has 0 atom stereocenters. The second-order valence-electron chi connectivity index (χ2n) is 4.77. The molecule has 0 saturated heterocycles. The molecule has 1 aromatic heterocycles. The molecular formula is C14H22N2S. The molecule has 0 spiro atoms. The molecule has 2 nitrogen and oxygen atoms in total. The number of nitrogens with one attached hydrogen (secondary N) is 1. The van der Waals surface area contributed by atoms with Crippen molar-refractivity contribution in [1.82, 2.24) is 10.2 Å². The first-order chi connectivity index (χ1) is 8.24. The molecule has 0 amide bonds. The molecule has 1 aliphatic rings. The average Bonchev–Trinajstić information content (AvgIpc) is 3.06. The molecule has 0 radical (unpaired) electrons. The smallest absolute Gasteiger partial charge is 0.0296 e. The van der Waals surface area contributed by atoms with Crippen LogP contribution < -0.4 is 5.32 Å². The van der Waals surface area contributed by atoms with Crippen LogP contribution in [0.4, 0.5) is 0 Å². The van der Waals surface area contributed by atoms with Gasteiger partial charge in [0, 0.05) is 35.4 Å². The first kappa shape index (κ1) is 12.8. The van der Waals surface area contributed by atoms with Gasteiger partial charge in [0.2, 0.25) is 0 Å². The van der Waals surface area contributed by atoms with Crippen molar-refractivity contribution in [3.63, 3.8) is 0 Å². The summed E-state index contributed by atoms with van der Waals surface area (Å²) in [5.41, 5.74) is 1.49. The summed E-state index contributed by atoms with van der Waals surface area (Å²) in [7, 11) is 2.00. The van der Waals surface area contributed by atoms with Gasteiger partial charge in [0.1, 0.15) is 0 Å². The van der Waals surface area contributed by atoms with Gasteiger partial charge in [0.05, 0.1) is 0 Å². The molecular weight excluding hydrogens is 228 g/mol. The van der Waals surface area contributed by atoms with Crippen LogP contribution in [0.25, 0.3) is 0 Å². The maximum absolute atomic E-state index is 3.86. The zero-order valence-corrected chi connectivity index (χ0v) is 11.6.